The van der Waals surface area contributed by atoms with Crippen LogP contribution in [-0.2, 0) is 4.74 Å². The smallest absolute Gasteiger partial charge is 0.391 e. The number of alkyl halides is 3. The van der Waals surface area contributed by atoms with E-state index in [9.17, 15) is 18.0 Å². The third-order valence-electron chi connectivity index (χ3n) is 2.65. The molecule has 1 unspecified atom stereocenters. The number of esters is 1. The Morgan fingerprint density at radius 2 is 1.84 bits per heavy atom. The molecule has 1 aromatic rings. The highest BCUT2D eigenvalue weighted by Crippen LogP contribution is 2.28. The minimum Gasteiger partial charge on any atom is -0.494 e. The van der Waals surface area contributed by atoms with Crippen molar-refractivity contribution in [3.8, 4) is 5.75 Å². The molecule has 0 aliphatic carbocycles. The fourth-order valence-electron chi connectivity index (χ4n) is 1.32. The summed E-state index contributed by atoms with van der Waals surface area (Å²) in [6.07, 6.45) is -4.31. The maximum Gasteiger partial charge on any atom is 0.391 e. The predicted molar refractivity (Wildman–Crippen MR) is 63.1 cm³/mol. The first-order chi connectivity index (χ1) is 8.84. The SMILES string of the molecule is COC(=O)c1ccc(OCCC(C)C(F)(F)F)cc1. The number of ether oxygens (including phenoxy) is 2. The molecule has 0 spiro atoms. The molecule has 0 heterocycles. The number of rotatable bonds is 5. The third-order valence-corrected chi connectivity index (χ3v) is 2.65. The minimum absolute atomic E-state index is 0.0295. The second-order valence-corrected chi connectivity index (χ2v) is 4.10. The van der Waals surface area contributed by atoms with Crippen LogP contribution in [0.3, 0.4) is 0 Å². The maximum absolute atomic E-state index is 12.2. The van der Waals surface area contributed by atoms with Crippen molar-refractivity contribution in [3.05, 3.63) is 29.8 Å². The normalized spacial score (nSPS) is 12.9. The Morgan fingerprint density at radius 1 is 1.26 bits per heavy atom. The van der Waals surface area contributed by atoms with Crippen molar-refractivity contribution in [3.63, 3.8) is 0 Å². The second kappa shape index (κ2) is 6.45. The Kier molecular flexibility index (Phi) is 5.20. The quantitative estimate of drug-likeness (QED) is 0.773. The summed E-state index contributed by atoms with van der Waals surface area (Å²) in [7, 11) is 1.27. The molecule has 0 saturated heterocycles. The lowest BCUT2D eigenvalue weighted by atomic mass is 10.1. The average Bonchev–Trinajstić information content (AvgIpc) is 2.37. The van der Waals surface area contributed by atoms with Crippen LogP contribution >= 0.6 is 0 Å². The molecule has 3 nitrogen and oxygen atoms in total. The van der Waals surface area contributed by atoms with Crippen LogP contribution in [0.4, 0.5) is 13.2 Å². The van der Waals surface area contributed by atoms with E-state index < -0.39 is 18.1 Å². The number of carbonyl (C=O) groups excluding carboxylic acids is 1. The van der Waals surface area contributed by atoms with Crippen molar-refractivity contribution in [2.45, 2.75) is 19.5 Å². The highest BCUT2D eigenvalue weighted by molar-refractivity contribution is 5.89. The van der Waals surface area contributed by atoms with Gasteiger partial charge in [0, 0.05) is 0 Å². The number of halogens is 3. The summed E-state index contributed by atoms with van der Waals surface area (Å²) in [4.78, 5) is 11.2. The average molecular weight is 276 g/mol. The topological polar surface area (TPSA) is 35.5 Å². The standard InChI is InChI=1S/C13H15F3O3/c1-9(13(14,15)16)7-8-19-11-5-3-10(4-6-11)12(17)18-2/h3-6,9H,7-8H2,1-2H3. The highest BCUT2D eigenvalue weighted by atomic mass is 19.4. The second-order valence-electron chi connectivity index (χ2n) is 4.10. The molecule has 1 atom stereocenters. The molecule has 19 heavy (non-hydrogen) atoms. The summed E-state index contributed by atoms with van der Waals surface area (Å²) in [5, 5.41) is 0. The Bertz CT molecular complexity index is 412. The Hall–Kier alpha value is -1.72. The molecule has 1 rings (SSSR count). The van der Waals surface area contributed by atoms with E-state index in [-0.39, 0.29) is 13.0 Å². The van der Waals surface area contributed by atoms with Crippen LogP contribution in [0, 0.1) is 5.92 Å². The largest absolute Gasteiger partial charge is 0.494 e. The van der Waals surface area contributed by atoms with E-state index in [4.69, 9.17) is 4.74 Å². The summed E-state index contributed by atoms with van der Waals surface area (Å²) < 4.78 is 46.5. The molecule has 1 aromatic carbocycles. The van der Waals surface area contributed by atoms with E-state index in [0.717, 1.165) is 6.92 Å². The van der Waals surface area contributed by atoms with Gasteiger partial charge in [0.1, 0.15) is 5.75 Å². The fourth-order valence-corrected chi connectivity index (χ4v) is 1.32. The van der Waals surface area contributed by atoms with Gasteiger partial charge in [0.15, 0.2) is 0 Å². The van der Waals surface area contributed by atoms with Crippen molar-refractivity contribution in [1.82, 2.24) is 0 Å². The lowest BCUT2D eigenvalue weighted by Gasteiger charge is -2.15. The van der Waals surface area contributed by atoms with Crippen molar-refractivity contribution < 1.29 is 27.4 Å². The van der Waals surface area contributed by atoms with E-state index in [1.807, 2.05) is 0 Å². The van der Waals surface area contributed by atoms with E-state index in [1.54, 1.807) is 0 Å². The first kappa shape index (κ1) is 15.3. The van der Waals surface area contributed by atoms with Gasteiger partial charge in [-0.15, -0.1) is 0 Å². The first-order valence-electron chi connectivity index (χ1n) is 5.72. The molecule has 0 aliphatic heterocycles. The van der Waals surface area contributed by atoms with Crippen LogP contribution < -0.4 is 4.74 Å². The zero-order chi connectivity index (χ0) is 14.5. The third kappa shape index (κ3) is 4.81. The number of benzene rings is 1. The van der Waals surface area contributed by atoms with Gasteiger partial charge in [0.05, 0.1) is 25.2 Å². The zero-order valence-corrected chi connectivity index (χ0v) is 10.7. The molecular weight excluding hydrogens is 261 g/mol. The summed E-state index contributed by atoms with van der Waals surface area (Å²) in [5.74, 6) is -1.46. The van der Waals surface area contributed by atoms with Gasteiger partial charge in [0.2, 0.25) is 0 Å². The molecule has 0 N–H and O–H groups in total. The molecule has 0 fully saturated rings. The Balaban J connectivity index is 2.45. The Morgan fingerprint density at radius 3 is 2.32 bits per heavy atom. The van der Waals surface area contributed by atoms with Gasteiger partial charge >= 0.3 is 12.1 Å². The van der Waals surface area contributed by atoms with E-state index in [2.05, 4.69) is 4.74 Å². The molecule has 0 aliphatic rings. The van der Waals surface area contributed by atoms with E-state index in [0.29, 0.717) is 11.3 Å². The zero-order valence-electron chi connectivity index (χ0n) is 10.7. The number of hydrogen-bond acceptors (Lipinski definition) is 3. The van der Waals surface area contributed by atoms with Gasteiger partial charge in [-0.05, 0) is 30.7 Å². The summed E-state index contributed by atoms with van der Waals surface area (Å²) in [6.45, 7) is 1.09. The Labute approximate surface area is 109 Å². The summed E-state index contributed by atoms with van der Waals surface area (Å²) >= 11 is 0. The molecular formula is C13H15F3O3. The first-order valence-corrected chi connectivity index (χ1v) is 5.72. The van der Waals surface area contributed by atoms with Crippen LogP contribution in [0.25, 0.3) is 0 Å². The molecule has 0 amide bonds. The van der Waals surface area contributed by atoms with Crippen molar-refractivity contribution >= 4 is 5.97 Å². The number of methoxy groups -OCH3 is 1. The van der Waals surface area contributed by atoms with Crippen LogP contribution in [0.2, 0.25) is 0 Å². The van der Waals surface area contributed by atoms with Gasteiger partial charge in [-0.2, -0.15) is 13.2 Å². The van der Waals surface area contributed by atoms with Gasteiger partial charge in [-0.1, -0.05) is 6.92 Å². The monoisotopic (exact) mass is 276 g/mol. The van der Waals surface area contributed by atoms with Gasteiger partial charge in [-0.25, -0.2) is 4.79 Å². The van der Waals surface area contributed by atoms with Crippen LogP contribution in [0.15, 0.2) is 24.3 Å². The van der Waals surface area contributed by atoms with Crippen molar-refractivity contribution in [2.24, 2.45) is 5.92 Å². The van der Waals surface area contributed by atoms with Crippen LogP contribution in [0.1, 0.15) is 23.7 Å². The van der Waals surface area contributed by atoms with E-state index in [1.165, 1.54) is 31.4 Å². The molecule has 0 bridgehead atoms. The fraction of sp³-hybridized carbons (Fsp3) is 0.462. The minimum atomic E-state index is -4.20. The van der Waals surface area contributed by atoms with Gasteiger partial charge < -0.3 is 9.47 Å². The van der Waals surface area contributed by atoms with E-state index >= 15 is 0 Å². The summed E-state index contributed by atoms with van der Waals surface area (Å²) in [5.41, 5.74) is 0.360. The number of carbonyl (C=O) groups is 1. The van der Waals surface area contributed by atoms with Crippen molar-refractivity contribution in [1.29, 1.82) is 0 Å². The van der Waals surface area contributed by atoms with Crippen LogP contribution in [0.5, 0.6) is 5.75 Å². The lowest BCUT2D eigenvalue weighted by Crippen LogP contribution is -2.21. The molecule has 0 radical (unpaired) electrons. The van der Waals surface area contributed by atoms with Gasteiger partial charge in [-0.3, -0.25) is 0 Å². The molecule has 6 heteroatoms. The van der Waals surface area contributed by atoms with Crippen molar-refractivity contribution in [2.75, 3.05) is 13.7 Å². The number of hydrogen-bond donors (Lipinski definition) is 0. The van der Waals surface area contributed by atoms with Crippen LogP contribution in [-0.4, -0.2) is 25.9 Å². The lowest BCUT2D eigenvalue weighted by molar-refractivity contribution is -0.172. The maximum atomic E-state index is 12.2. The molecule has 106 valence electrons. The summed E-state index contributed by atoms with van der Waals surface area (Å²) in [6, 6.07) is 6.03. The predicted octanol–water partition coefficient (Wildman–Crippen LogP) is 3.44. The molecule has 0 saturated carbocycles. The van der Waals surface area contributed by atoms with Gasteiger partial charge in [0.25, 0.3) is 0 Å². The molecule has 0 aromatic heterocycles. The highest BCUT2D eigenvalue weighted by Gasteiger charge is 2.35.